The van der Waals surface area contributed by atoms with E-state index in [0.29, 0.717) is 13.2 Å². The summed E-state index contributed by atoms with van der Waals surface area (Å²) in [5.74, 6) is 1.76. The van der Waals surface area contributed by atoms with Crippen molar-refractivity contribution in [3.63, 3.8) is 0 Å². The van der Waals surface area contributed by atoms with Gasteiger partial charge in [0.25, 0.3) is 5.91 Å². The van der Waals surface area contributed by atoms with Gasteiger partial charge in [-0.3, -0.25) is 4.79 Å². The van der Waals surface area contributed by atoms with Gasteiger partial charge in [-0.05, 0) is 36.8 Å². The lowest BCUT2D eigenvalue weighted by Gasteiger charge is -2.20. The Morgan fingerprint density at radius 3 is 2.92 bits per heavy atom. The largest absolute Gasteiger partial charge is 0.488 e. The van der Waals surface area contributed by atoms with E-state index in [1.54, 1.807) is 17.6 Å². The fourth-order valence-electron chi connectivity index (χ4n) is 3.15. The highest BCUT2D eigenvalue weighted by atomic mass is 32.1. The van der Waals surface area contributed by atoms with Gasteiger partial charge in [0.15, 0.2) is 0 Å². The summed E-state index contributed by atoms with van der Waals surface area (Å²) < 4.78 is 11.3. The summed E-state index contributed by atoms with van der Waals surface area (Å²) in [4.78, 5) is 16.9. The molecule has 0 fully saturated rings. The van der Waals surface area contributed by atoms with Crippen molar-refractivity contribution in [3.8, 4) is 16.2 Å². The van der Waals surface area contributed by atoms with Crippen LogP contribution in [0.25, 0.3) is 10.4 Å². The second kappa shape index (κ2) is 7.38. The van der Waals surface area contributed by atoms with Gasteiger partial charge in [0.05, 0.1) is 17.7 Å². The van der Waals surface area contributed by atoms with Crippen molar-refractivity contribution in [1.82, 2.24) is 4.90 Å². The van der Waals surface area contributed by atoms with Crippen molar-refractivity contribution < 1.29 is 13.9 Å². The highest BCUT2D eigenvalue weighted by molar-refractivity contribution is 7.17. The van der Waals surface area contributed by atoms with E-state index in [1.165, 1.54) is 0 Å². The number of hydrogen-bond donors (Lipinski definition) is 0. The second-order valence-electron chi connectivity index (χ2n) is 6.41. The van der Waals surface area contributed by atoms with Gasteiger partial charge in [-0.25, -0.2) is 0 Å². The highest BCUT2D eigenvalue weighted by Crippen LogP contribution is 2.42. The van der Waals surface area contributed by atoms with Gasteiger partial charge in [-0.15, -0.1) is 11.3 Å². The molecule has 134 valence electrons. The van der Waals surface area contributed by atoms with E-state index in [9.17, 15) is 4.79 Å². The summed E-state index contributed by atoms with van der Waals surface area (Å²) in [6.07, 6.45) is 3.67. The number of unbranched alkanes of at least 4 members (excludes halogenated alkanes) is 1. The molecule has 1 aliphatic rings. The normalized spacial score (nSPS) is 12.2. The van der Waals surface area contributed by atoms with E-state index in [0.717, 1.165) is 51.8 Å². The second-order valence-corrected chi connectivity index (χ2v) is 7.46. The Kier molecular flexibility index (Phi) is 4.80. The zero-order valence-electron chi connectivity index (χ0n) is 14.7. The summed E-state index contributed by atoms with van der Waals surface area (Å²) >= 11 is 1.56. The first-order valence-corrected chi connectivity index (χ1v) is 9.74. The van der Waals surface area contributed by atoms with Crippen LogP contribution in [0.2, 0.25) is 0 Å². The van der Waals surface area contributed by atoms with Gasteiger partial charge >= 0.3 is 0 Å². The average molecular weight is 367 g/mol. The molecule has 0 saturated carbocycles. The number of furan rings is 1. The molecule has 2 aromatic heterocycles. The Morgan fingerprint density at radius 1 is 1.23 bits per heavy atom. The number of carbonyl (C=O) groups excluding carboxylic acids is 1. The summed E-state index contributed by atoms with van der Waals surface area (Å²) in [5.41, 5.74) is 2.16. The molecule has 0 atom stereocenters. The zero-order chi connectivity index (χ0) is 17.9. The molecule has 5 heteroatoms. The van der Waals surface area contributed by atoms with Crippen LogP contribution in [-0.2, 0) is 13.2 Å². The van der Waals surface area contributed by atoms with E-state index in [-0.39, 0.29) is 5.91 Å². The molecule has 0 saturated heterocycles. The molecule has 0 radical (unpaired) electrons. The van der Waals surface area contributed by atoms with Crippen molar-refractivity contribution in [1.29, 1.82) is 0 Å². The third kappa shape index (κ3) is 3.27. The third-order valence-corrected chi connectivity index (χ3v) is 5.73. The number of rotatable bonds is 6. The lowest BCUT2D eigenvalue weighted by atomic mass is 10.1. The summed E-state index contributed by atoms with van der Waals surface area (Å²) in [6.45, 7) is 3.88. The Bertz CT molecular complexity index is 898. The average Bonchev–Trinajstić information content (AvgIpc) is 3.34. The van der Waals surface area contributed by atoms with E-state index < -0.39 is 0 Å². The fraction of sp³-hybridized carbons (Fsp3) is 0.286. The molecule has 0 aliphatic carbocycles. The van der Waals surface area contributed by atoms with E-state index in [4.69, 9.17) is 9.15 Å². The topological polar surface area (TPSA) is 42.7 Å². The number of fused-ring (bicyclic) bond motifs is 3. The molecule has 3 heterocycles. The van der Waals surface area contributed by atoms with Gasteiger partial charge < -0.3 is 14.1 Å². The molecule has 4 rings (SSSR count). The fourth-order valence-corrected chi connectivity index (χ4v) is 4.32. The first-order chi connectivity index (χ1) is 12.8. The van der Waals surface area contributed by atoms with Gasteiger partial charge in [0.2, 0.25) is 0 Å². The van der Waals surface area contributed by atoms with Crippen molar-refractivity contribution in [2.24, 2.45) is 0 Å². The molecule has 0 bridgehead atoms. The van der Waals surface area contributed by atoms with Crippen LogP contribution in [-0.4, -0.2) is 17.4 Å². The number of ether oxygens (including phenoxy) is 1. The van der Waals surface area contributed by atoms with Gasteiger partial charge in [-0.1, -0.05) is 25.5 Å². The molecular weight excluding hydrogens is 346 g/mol. The van der Waals surface area contributed by atoms with Crippen molar-refractivity contribution in [2.75, 3.05) is 6.54 Å². The number of nitrogens with zero attached hydrogens (tertiary/aromatic N) is 1. The maximum Gasteiger partial charge on any atom is 0.264 e. The van der Waals surface area contributed by atoms with Gasteiger partial charge in [0.1, 0.15) is 18.1 Å². The van der Waals surface area contributed by atoms with Crippen molar-refractivity contribution >= 4 is 17.2 Å². The molecule has 0 unspecified atom stereocenters. The predicted molar refractivity (Wildman–Crippen MR) is 102 cm³/mol. The van der Waals surface area contributed by atoms with Crippen LogP contribution >= 0.6 is 11.3 Å². The van der Waals surface area contributed by atoms with Crippen LogP contribution in [0.1, 0.15) is 40.8 Å². The molecular formula is C21H21NO3S. The zero-order valence-corrected chi connectivity index (χ0v) is 15.6. The maximum atomic E-state index is 13.2. The number of hydrogen-bond acceptors (Lipinski definition) is 4. The third-order valence-electron chi connectivity index (χ3n) is 4.53. The molecule has 4 nitrogen and oxygen atoms in total. The lowest BCUT2D eigenvalue weighted by Crippen LogP contribution is -2.30. The van der Waals surface area contributed by atoms with Crippen LogP contribution in [0.4, 0.5) is 0 Å². The van der Waals surface area contributed by atoms with Crippen LogP contribution in [0, 0.1) is 0 Å². The lowest BCUT2D eigenvalue weighted by molar-refractivity contribution is 0.0734. The van der Waals surface area contributed by atoms with E-state index in [1.807, 2.05) is 41.3 Å². The molecule has 1 aromatic carbocycles. The predicted octanol–water partition coefficient (Wildman–Crippen LogP) is 5.34. The van der Waals surface area contributed by atoms with Crippen molar-refractivity contribution in [2.45, 2.75) is 32.9 Å². The minimum absolute atomic E-state index is 0.0618. The van der Waals surface area contributed by atoms with E-state index >= 15 is 0 Å². The Balaban J connectivity index is 1.62. The minimum Gasteiger partial charge on any atom is -0.488 e. The molecule has 3 aromatic rings. The molecule has 0 N–H and O–H groups in total. The van der Waals surface area contributed by atoms with Gasteiger partial charge in [-0.2, -0.15) is 0 Å². The first kappa shape index (κ1) is 16.9. The number of thiophene rings is 1. The van der Waals surface area contributed by atoms with Crippen LogP contribution in [0.3, 0.4) is 0 Å². The van der Waals surface area contributed by atoms with E-state index in [2.05, 4.69) is 13.0 Å². The molecule has 1 amide bonds. The summed E-state index contributed by atoms with van der Waals surface area (Å²) in [5, 5.41) is 0. The first-order valence-electron chi connectivity index (χ1n) is 8.93. The minimum atomic E-state index is 0.0618. The van der Waals surface area contributed by atoms with Crippen LogP contribution in [0.15, 0.2) is 53.1 Å². The van der Waals surface area contributed by atoms with Crippen molar-refractivity contribution in [3.05, 3.63) is 64.9 Å². The molecule has 1 aliphatic heterocycles. The van der Waals surface area contributed by atoms with Crippen LogP contribution in [0.5, 0.6) is 5.75 Å². The summed E-state index contributed by atoms with van der Waals surface area (Å²) in [6, 6.07) is 13.8. The molecule has 0 spiro atoms. The monoisotopic (exact) mass is 367 g/mol. The molecule has 26 heavy (non-hydrogen) atoms. The quantitative estimate of drug-likeness (QED) is 0.590. The van der Waals surface area contributed by atoms with Crippen LogP contribution < -0.4 is 4.74 Å². The standard InChI is InChI=1S/C21H21NO3S/c1-2-3-10-22(13-16-7-6-11-24-16)21(23)19-12-15-14-25-18-9-5-4-8-17(18)20(15)26-19/h4-9,11-12H,2-3,10,13-14H2,1H3. The Morgan fingerprint density at radius 2 is 2.12 bits per heavy atom. The Hall–Kier alpha value is -2.53. The number of benzene rings is 1. The number of para-hydroxylation sites is 1. The number of amides is 1. The Labute approximate surface area is 157 Å². The SMILES string of the molecule is CCCCN(Cc1ccco1)C(=O)c1cc2c(s1)-c1ccccc1OC2. The summed E-state index contributed by atoms with van der Waals surface area (Å²) in [7, 11) is 0. The highest BCUT2D eigenvalue weighted by Gasteiger charge is 2.25. The van der Waals surface area contributed by atoms with Gasteiger partial charge in [0, 0.05) is 22.5 Å². The number of carbonyl (C=O) groups is 1. The smallest absolute Gasteiger partial charge is 0.264 e. The maximum absolute atomic E-state index is 13.2.